The molecule has 4 heteroatoms. The molecule has 0 aliphatic carbocycles. The number of carbonyl (C=O) groups is 3. The molecule has 4 nitrogen and oxygen atoms in total. The minimum Gasteiger partial charge on any atom is -0.463 e. The summed E-state index contributed by atoms with van der Waals surface area (Å²) in [7, 11) is 0. The molecule has 102 valence electrons. The molecule has 0 aromatic heterocycles. The molecule has 1 atom stereocenters. The Hall–Kier alpha value is -1.45. The van der Waals surface area contributed by atoms with E-state index in [1.807, 2.05) is 6.92 Å². The Morgan fingerprint density at radius 1 is 1.17 bits per heavy atom. The monoisotopic (exact) mass is 254 g/mol. The first-order chi connectivity index (χ1) is 8.56. The summed E-state index contributed by atoms with van der Waals surface area (Å²) in [5.41, 5.74) is 0. The zero-order valence-electron chi connectivity index (χ0n) is 11.2. The lowest BCUT2D eigenvalue weighted by Crippen LogP contribution is -2.11. The van der Waals surface area contributed by atoms with E-state index in [0.29, 0.717) is 12.7 Å². The SMILES string of the molecule is CC(=O)OC(C)CCCCCCC(=O)/C=C/C=O. The lowest BCUT2D eigenvalue weighted by molar-refractivity contribution is -0.145. The van der Waals surface area contributed by atoms with Crippen molar-refractivity contribution >= 4 is 18.0 Å². The van der Waals surface area contributed by atoms with E-state index in [-0.39, 0.29) is 17.9 Å². The number of ketones is 1. The van der Waals surface area contributed by atoms with Crippen LogP contribution in [-0.4, -0.2) is 24.1 Å². The number of allylic oxidation sites excluding steroid dienone is 2. The highest BCUT2D eigenvalue weighted by molar-refractivity contribution is 5.92. The summed E-state index contributed by atoms with van der Waals surface area (Å²) in [5.74, 6) is -0.245. The zero-order valence-corrected chi connectivity index (χ0v) is 11.2. The molecule has 1 unspecified atom stereocenters. The Morgan fingerprint density at radius 3 is 2.44 bits per heavy atom. The second-order valence-electron chi connectivity index (χ2n) is 4.33. The lowest BCUT2D eigenvalue weighted by Gasteiger charge is -2.10. The molecule has 0 heterocycles. The number of hydrogen-bond acceptors (Lipinski definition) is 4. The molecule has 0 rings (SSSR count). The predicted octanol–water partition coefficient (Wildman–Crippen LogP) is 2.60. The summed E-state index contributed by atoms with van der Waals surface area (Å²) < 4.78 is 5.00. The molecule has 0 saturated heterocycles. The first-order valence-corrected chi connectivity index (χ1v) is 6.38. The average molecular weight is 254 g/mol. The second-order valence-corrected chi connectivity index (χ2v) is 4.33. The van der Waals surface area contributed by atoms with E-state index in [0.717, 1.165) is 32.1 Å². The van der Waals surface area contributed by atoms with E-state index >= 15 is 0 Å². The number of unbranched alkanes of at least 4 members (excludes halogenated alkanes) is 3. The van der Waals surface area contributed by atoms with E-state index in [9.17, 15) is 14.4 Å². The maximum Gasteiger partial charge on any atom is 0.302 e. The fourth-order valence-corrected chi connectivity index (χ4v) is 1.66. The van der Waals surface area contributed by atoms with Gasteiger partial charge >= 0.3 is 5.97 Å². The highest BCUT2D eigenvalue weighted by Gasteiger charge is 2.04. The molecule has 0 aromatic rings. The number of esters is 1. The number of carbonyl (C=O) groups excluding carboxylic acids is 3. The molecule has 0 radical (unpaired) electrons. The smallest absolute Gasteiger partial charge is 0.302 e. The molecular formula is C14H22O4. The third-order valence-corrected chi connectivity index (χ3v) is 2.51. The van der Waals surface area contributed by atoms with Crippen molar-refractivity contribution in [3.8, 4) is 0 Å². The van der Waals surface area contributed by atoms with E-state index in [4.69, 9.17) is 4.74 Å². The summed E-state index contributed by atoms with van der Waals surface area (Å²) in [6.07, 6.45) is 8.30. The van der Waals surface area contributed by atoms with Crippen LogP contribution >= 0.6 is 0 Å². The Balaban J connectivity index is 3.40. The van der Waals surface area contributed by atoms with Gasteiger partial charge in [-0.15, -0.1) is 0 Å². The van der Waals surface area contributed by atoms with Crippen LogP contribution in [0.4, 0.5) is 0 Å². The van der Waals surface area contributed by atoms with Gasteiger partial charge in [-0.05, 0) is 38.3 Å². The Morgan fingerprint density at radius 2 is 1.83 bits per heavy atom. The molecule has 0 amide bonds. The summed E-state index contributed by atoms with van der Waals surface area (Å²) in [6.45, 7) is 3.30. The Labute approximate surface area is 108 Å². The van der Waals surface area contributed by atoms with Gasteiger partial charge in [-0.25, -0.2) is 0 Å². The van der Waals surface area contributed by atoms with Crippen molar-refractivity contribution in [3.63, 3.8) is 0 Å². The van der Waals surface area contributed by atoms with Crippen LogP contribution in [0.5, 0.6) is 0 Å². The Kier molecular flexibility index (Phi) is 9.83. The van der Waals surface area contributed by atoms with Crippen molar-refractivity contribution in [1.29, 1.82) is 0 Å². The standard InChI is InChI=1S/C14H22O4/c1-12(18-13(2)16)8-5-3-4-6-9-14(17)10-7-11-15/h7,10-12H,3-6,8-9H2,1-2H3/b10-7+. The molecule has 0 saturated carbocycles. The minimum atomic E-state index is -0.241. The fraction of sp³-hybridized carbons (Fsp3) is 0.643. The quantitative estimate of drug-likeness (QED) is 0.260. The average Bonchev–Trinajstić information content (AvgIpc) is 2.30. The van der Waals surface area contributed by atoms with Gasteiger partial charge in [0.15, 0.2) is 5.78 Å². The van der Waals surface area contributed by atoms with Gasteiger partial charge in [0.1, 0.15) is 6.29 Å². The minimum absolute atomic E-state index is 0.00428. The van der Waals surface area contributed by atoms with Crippen molar-refractivity contribution in [2.45, 2.75) is 58.5 Å². The van der Waals surface area contributed by atoms with Crippen molar-refractivity contribution in [3.05, 3.63) is 12.2 Å². The zero-order chi connectivity index (χ0) is 13.8. The molecule has 0 bridgehead atoms. The van der Waals surface area contributed by atoms with Gasteiger partial charge < -0.3 is 4.74 Å². The first kappa shape index (κ1) is 16.6. The molecule has 0 aliphatic rings. The van der Waals surface area contributed by atoms with Gasteiger partial charge in [0.25, 0.3) is 0 Å². The molecule has 0 aliphatic heterocycles. The summed E-state index contributed by atoms with van der Waals surface area (Å²) in [5, 5.41) is 0. The maximum atomic E-state index is 11.2. The molecular weight excluding hydrogens is 232 g/mol. The van der Waals surface area contributed by atoms with Crippen LogP contribution in [0.1, 0.15) is 52.4 Å². The van der Waals surface area contributed by atoms with Crippen molar-refractivity contribution in [2.24, 2.45) is 0 Å². The molecule has 0 N–H and O–H groups in total. The summed E-state index contributed by atoms with van der Waals surface area (Å²) in [4.78, 5) is 31.8. The van der Waals surface area contributed by atoms with Gasteiger partial charge in [-0.1, -0.05) is 12.8 Å². The van der Waals surface area contributed by atoms with Crippen molar-refractivity contribution in [2.75, 3.05) is 0 Å². The van der Waals surface area contributed by atoms with Crippen molar-refractivity contribution < 1.29 is 19.1 Å². The molecule has 0 aromatic carbocycles. The number of rotatable bonds is 10. The van der Waals surface area contributed by atoms with Crippen LogP contribution in [0.2, 0.25) is 0 Å². The summed E-state index contributed by atoms with van der Waals surface area (Å²) in [6, 6.07) is 0. The topological polar surface area (TPSA) is 60.4 Å². The van der Waals surface area contributed by atoms with Crippen LogP contribution < -0.4 is 0 Å². The third kappa shape index (κ3) is 11.0. The largest absolute Gasteiger partial charge is 0.463 e. The molecule has 18 heavy (non-hydrogen) atoms. The number of ether oxygens (including phenoxy) is 1. The van der Waals surface area contributed by atoms with E-state index in [1.165, 1.54) is 19.1 Å². The van der Waals surface area contributed by atoms with Crippen LogP contribution in [0, 0.1) is 0 Å². The van der Waals surface area contributed by atoms with Gasteiger partial charge in [-0.3, -0.25) is 14.4 Å². The van der Waals surface area contributed by atoms with E-state index in [1.54, 1.807) is 0 Å². The highest BCUT2D eigenvalue weighted by Crippen LogP contribution is 2.09. The second kappa shape index (κ2) is 10.7. The molecule has 0 fully saturated rings. The lowest BCUT2D eigenvalue weighted by atomic mass is 10.1. The predicted molar refractivity (Wildman–Crippen MR) is 69.1 cm³/mol. The first-order valence-electron chi connectivity index (χ1n) is 6.38. The number of aldehydes is 1. The van der Waals surface area contributed by atoms with E-state index in [2.05, 4.69) is 0 Å². The van der Waals surface area contributed by atoms with Gasteiger partial charge in [0, 0.05) is 13.3 Å². The summed E-state index contributed by atoms with van der Waals surface area (Å²) >= 11 is 0. The van der Waals surface area contributed by atoms with Crippen LogP contribution in [-0.2, 0) is 19.1 Å². The van der Waals surface area contributed by atoms with Crippen LogP contribution in [0.15, 0.2) is 12.2 Å². The van der Waals surface area contributed by atoms with Gasteiger partial charge in [0.2, 0.25) is 0 Å². The van der Waals surface area contributed by atoms with Crippen LogP contribution in [0.25, 0.3) is 0 Å². The maximum absolute atomic E-state index is 11.2. The van der Waals surface area contributed by atoms with Crippen molar-refractivity contribution in [1.82, 2.24) is 0 Å². The third-order valence-electron chi connectivity index (χ3n) is 2.51. The van der Waals surface area contributed by atoms with Crippen LogP contribution in [0.3, 0.4) is 0 Å². The van der Waals surface area contributed by atoms with Gasteiger partial charge in [-0.2, -0.15) is 0 Å². The highest BCUT2D eigenvalue weighted by atomic mass is 16.5. The van der Waals surface area contributed by atoms with E-state index < -0.39 is 0 Å². The Bertz CT molecular complexity index is 294. The normalized spacial score (nSPS) is 12.3. The molecule has 0 spiro atoms. The number of hydrogen-bond donors (Lipinski definition) is 0. The van der Waals surface area contributed by atoms with Gasteiger partial charge in [0.05, 0.1) is 6.10 Å². The fourth-order valence-electron chi connectivity index (χ4n) is 1.66.